The highest BCUT2D eigenvalue weighted by atomic mass is 127. The number of hydrogen-bond acceptors (Lipinski definition) is 3. The summed E-state index contributed by atoms with van der Waals surface area (Å²) >= 11 is 7.08. The minimum absolute atomic E-state index is 0.0239. The van der Waals surface area contributed by atoms with Crippen molar-refractivity contribution < 1.29 is 9.59 Å². The Kier molecular flexibility index (Phi) is 6.05. The lowest BCUT2D eigenvalue weighted by atomic mass is 10.1. The van der Waals surface area contributed by atoms with Gasteiger partial charge in [0.05, 0.1) is 5.56 Å². The summed E-state index contributed by atoms with van der Waals surface area (Å²) in [6.07, 6.45) is 0. The second kappa shape index (κ2) is 8.02. The van der Waals surface area contributed by atoms with Crippen LogP contribution in [0.3, 0.4) is 0 Å². The molecule has 7 heteroatoms. The van der Waals surface area contributed by atoms with Crippen molar-refractivity contribution in [2.45, 2.75) is 6.92 Å². The van der Waals surface area contributed by atoms with E-state index < -0.39 is 0 Å². The van der Waals surface area contributed by atoms with Crippen molar-refractivity contribution in [2.75, 3.05) is 0 Å². The van der Waals surface area contributed by atoms with Crippen LogP contribution in [0.5, 0.6) is 0 Å². The third-order valence-corrected chi connectivity index (χ3v) is 4.06. The van der Waals surface area contributed by atoms with Crippen LogP contribution in [0.1, 0.15) is 26.3 Å². The first-order valence-electron chi connectivity index (χ1n) is 6.70. The Morgan fingerprint density at radius 3 is 2.43 bits per heavy atom. The summed E-state index contributed by atoms with van der Waals surface area (Å²) < 4.78 is 0.819. The third kappa shape index (κ3) is 5.00. The fourth-order valence-electron chi connectivity index (χ4n) is 1.82. The summed E-state index contributed by atoms with van der Waals surface area (Å²) in [6, 6.07) is 14.3. The number of halogens is 1. The van der Waals surface area contributed by atoms with E-state index in [1.54, 1.807) is 30.3 Å². The van der Waals surface area contributed by atoms with Crippen LogP contribution < -0.4 is 16.2 Å². The fraction of sp³-hybridized carbons (Fsp3) is 0.0625. The molecule has 2 rings (SSSR count). The molecular formula is C16H14IN3O2S. The van der Waals surface area contributed by atoms with Crippen LogP contribution >= 0.6 is 34.8 Å². The Bertz CT molecular complexity index is 764. The van der Waals surface area contributed by atoms with E-state index in [-0.39, 0.29) is 16.9 Å². The molecule has 0 radical (unpaired) electrons. The Hall–Kier alpha value is -2.00. The van der Waals surface area contributed by atoms with Crippen molar-refractivity contribution in [3.8, 4) is 0 Å². The average Bonchev–Trinajstić information content (AvgIpc) is 2.53. The van der Waals surface area contributed by atoms with Gasteiger partial charge in [-0.15, -0.1) is 0 Å². The van der Waals surface area contributed by atoms with Crippen LogP contribution in [-0.4, -0.2) is 16.9 Å². The molecule has 0 aliphatic heterocycles. The maximum absolute atomic E-state index is 12.0. The molecule has 0 saturated heterocycles. The lowest BCUT2D eigenvalue weighted by Gasteiger charge is -2.11. The summed E-state index contributed by atoms with van der Waals surface area (Å²) in [5.74, 6) is -0.670. The van der Waals surface area contributed by atoms with Gasteiger partial charge in [-0.25, -0.2) is 0 Å². The fourth-order valence-corrected chi connectivity index (χ4v) is 2.60. The maximum atomic E-state index is 12.0. The van der Waals surface area contributed by atoms with E-state index in [0.717, 1.165) is 9.13 Å². The summed E-state index contributed by atoms with van der Waals surface area (Å²) in [5, 5.41) is 2.53. The van der Waals surface area contributed by atoms with Crippen LogP contribution in [0.25, 0.3) is 0 Å². The molecule has 0 aliphatic rings. The van der Waals surface area contributed by atoms with Gasteiger partial charge in [0, 0.05) is 9.13 Å². The predicted molar refractivity (Wildman–Crippen MR) is 101 cm³/mol. The minimum Gasteiger partial charge on any atom is -0.298 e. The van der Waals surface area contributed by atoms with Crippen molar-refractivity contribution in [2.24, 2.45) is 0 Å². The Morgan fingerprint density at radius 1 is 1.00 bits per heavy atom. The lowest BCUT2D eigenvalue weighted by molar-refractivity contribution is 0.0934. The van der Waals surface area contributed by atoms with Crippen LogP contribution in [-0.2, 0) is 0 Å². The van der Waals surface area contributed by atoms with Crippen LogP contribution in [0.4, 0.5) is 0 Å². The summed E-state index contributed by atoms with van der Waals surface area (Å²) in [4.78, 5) is 24.0. The molecule has 0 heterocycles. The van der Waals surface area contributed by atoms with Crippen LogP contribution in [0.2, 0.25) is 0 Å². The van der Waals surface area contributed by atoms with Crippen molar-refractivity contribution in [1.29, 1.82) is 0 Å². The number of hydrazine groups is 1. The molecule has 0 saturated carbocycles. The number of aryl methyl sites for hydroxylation is 1. The zero-order valence-electron chi connectivity index (χ0n) is 12.2. The second-order valence-electron chi connectivity index (χ2n) is 4.71. The molecule has 118 valence electrons. The number of amides is 2. The molecule has 3 N–H and O–H groups in total. The van der Waals surface area contributed by atoms with Crippen LogP contribution in [0.15, 0.2) is 48.5 Å². The van der Waals surface area contributed by atoms with Crippen LogP contribution in [0, 0.1) is 10.5 Å². The molecule has 2 aromatic carbocycles. The second-order valence-corrected chi connectivity index (χ2v) is 6.28. The molecule has 2 aromatic rings. The average molecular weight is 439 g/mol. The lowest BCUT2D eigenvalue weighted by Crippen LogP contribution is -2.48. The number of carbonyl (C=O) groups is 2. The van der Waals surface area contributed by atoms with Crippen molar-refractivity contribution in [3.05, 3.63) is 68.8 Å². The standard InChI is InChI=1S/C16H14IN3O2S/c1-10-5-4-6-11(9-10)14(21)18-16(23)20-19-15(22)12-7-2-3-8-13(12)17/h2-9H,1H3,(H,19,22)(H2,18,20,21,23). The molecule has 0 aliphatic carbocycles. The van der Waals surface area contributed by atoms with Gasteiger partial charge in [0.25, 0.3) is 11.8 Å². The molecule has 0 unspecified atom stereocenters. The van der Waals surface area contributed by atoms with Gasteiger partial charge < -0.3 is 0 Å². The molecule has 0 atom stereocenters. The Balaban J connectivity index is 1.89. The van der Waals surface area contributed by atoms with E-state index in [1.807, 2.05) is 25.1 Å². The van der Waals surface area contributed by atoms with E-state index in [4.69, 9.17) is 12.2 Å². The molecule has 0 fully saturated rings. The number of hydrogen-bond donors (Lipinski definition) is 3. The highest BCUT2D eigenvalue weighted by Crippen LogP contribution is 2.10. The number of nitrogens with one attached hydrogen (secondary N) is 3. The largest absolute Gasteiger partial charge is 0.298 e. The van der Waals surface area contributed by atoms with E-state index in [0.29, 0.717) is 11.1 Å². The van der Waals surface area contributed by atoms with Gasteiger partial charge in [0.2, 0.25) is 0 Å². The number of thiocarbonyl (C=S) groups is 1. The third-order valence-electron chi connectivity index (χ3n) is 2.92. The molecule has 0 bridgehead atoms. The van der Waals surface area contributed by atoms with E-state index >= 15 is 0 Å². The summed E-state index contributed by atoms with van der Waals surface area (Å²) in [6.45, 7) is 1.90. The van der Waals surface area contributed by atoms with Gasteiger partial charge in [-0.1, -0.05) is 29.8 Å². The maximum Gasteiger partial charge on any atom is 0.270 e. The highest BCUT2D eigenvalue weighted by Gasteiger charge is 2.11. The quantitative estimate of drug-likeness (QED) is 0.382. The zero-order chi connectivity index (χ0) is 16.8. The first-order valence-corrected chi connectivity index (χ1v) is 8.19. The Labute approximate surface area is 153 Å². The van der Waals surface area contributed by atoms with Crippen molar-refractivity contribution in [3.63, 3.8) is 0 Å². The number of benzene rings is 2. The van der Waals surface area contributed by atoms with Crippen molar-refractivity contribution >= 4 is 51.7 Å². The van der Waals surface area contributed by atoms with Gasteiger partial charge in [0.15, 0.2) is 5.11 Å². The van der Waals surface area contributed by atoms with E-state index in [9.17, 15) is 9.59 Å². The van der Waals surface area contributed by atoms with Gasteiger partial charge in [0.1, 0.15) is 0 Å². The molecule has 5 nitrogen and oxygen atoms in total. The first-order chi connectivity index (χ1) is 11.0. The van der Waals surface area contributed by atoms with Gasteiger partial charge >= 0.3 is 0 Å². The summed E-state index contributed by atoms with van der Waals surface area (Å²) in [7, 11) is 0. The number of rotatable bonds is 2. The van der Waals surface area contributed by atoms with Crippen molar-refractivity contribution in [1.82, 2.24) is 16.2 Å². The van der Waals surface area contributed by atoms with E-state index in [1.165, 1.54) is 0 Å². The van der Waals surface area contributed by atoms with Gasteiger partial charge in [-0.2, -0.15) is 0 Å². The molecule has 0 aromatic heterocycles. The summed E-state index contributed by atoms with van der Waals surface area (Å²) in [5.41, 5.74) is 6.97. The zero-order valence-corrected chi connectivity index (χ0v) is 15.2. The van der Waals surface area contributed by atoms with E-state index in [2.05, 4.69) is 38.8 Å². The topological polar surface area (TPSA) is 70.2 Å². The predicted octanol–water partition coefficient (Wildman–Crippen LogP) is 2.55. The first kappa shape index (κ1) is 17.4. The highest BCUT2D eigenvalue weighted by molar-refractivity contribution is 14.1. The molecule has 2 amide bonds. The smallest absolute Gasteiger partial charge is 0.270 e. The van der Waals surface area contributed by atoms with Gasteiger partial charge in [-0.3, -0.25) is 25.8 Å². The molecular weight excluding hydrogens is 425 g/mol. The monoisotopic (exact) mass is 439 g/mol. The normalized spacial score (nSPS) is 9.83. The Morgan fingerprint density at radius 2 is 1.74 bits per heavy atom. The van der Waals surface area contributed by atoms with Gasteiger partial charge in [-0.05, 0) is 66.0 Å². The minimum atomic E-state index is -0.338. The number of carbonyl (C=O) groups excluding carboxylic acids is 2. The SMILES string of the molecule is Cc1cccc(C(=O)NC(=S)NNC(=O)c2ccccc2I)c1. The molecule has 0 spiro atoms. The molecule has 23 heavy (non-hydrogen) atoms.